The monoisotopic (exact) mass is 337 g/mol. The normalized spacial score (nSPS) is 18.2. The zero-order valence-corrected chi connectivity index (χ0v) is 14.8. The number of carbonyl (C=O) groups is 1. The second-order valence-corrected chi connectivity index (χ2v) is 9.43. The van der Waals surface area contributed by atoms with Gasteiger partial charge in [0.25, 0.3) is 0 Å². The van der Waals surface area contributed by atoms with E-state index in [0.717, 1.165) is 37.9 Å². The summed E-state index contributed by atoms with van der Waals surface area (Å²) in [4.78, 5) is 11.9. The highest BCUT2D eigenvalue weighted by atomic mass is 32.2. The summed E-state index contributed by atoms with van der Waals surface area (Å²) in [5.41, 5.74) is -0.590. The molecule has 1 rings (SSSR count). The van der Waals surface area contributed by atoms with E-state index in [0.29, 0.717) is 11.8 Å². The summed E-state index contributed by atoms with van der Waals surface area (Å²) in [5.74, 6) is 1.61. The predicted octanol–water partition coefficient (Wildman–Crippen LogP) is 1.62. The quantitative estimate of drug-likeness (QED) is 0.456. The Morgan fingerprint density at radius 3 is 2.52 bits per heavy atom. The molecule has 124 valence electrons. The van der Waals surface area contributed by atoms with Gasteiger partial charge in [0, 0.05) is 18.1 Å². The van der Waals surface area contributed by atoms with Crippen molar-refractivity contribution in [1.29, 1.82) is 0 Å². The lowest BCUT2D eigenvalue weighted by Gasteiger charge is -2.28. The standard InChI is InChI=1S/C14H27NO4S2/c1-14(13(16)19-2,15-12-6-7-12)8-4-5-9-20-10-11-21(3,17)18/h12,15H,4-11H2,1-3H3. The fourth-order valence-corrected chi connectivity index (χ4v) is 4.43. The van der Waals surface area contributed by atoms with Gasteiger partial charge in [0.15, 0.2) is 0 Å². The number of hydrogen-bond donors (Lipinski definition) is 1. The lowest BCUT2D eigenvalue weighted by Crippen LogP contribution is -2.51. The SMILES string of the molecule is COC(=O)C(C)(CCCCSCCS(C)(=O)=O)NC1CC1. The van der Waals surface area contributed by atoms with Crippen LogP contribution in [0.4, 0.5) is 0 Å². The van der Waals surface area contributed by atoms with Crippen molar-refractivity contribution in [3.8, 4) is 0 Å². The fourth-order valence-electron chi connectivity index (χ4n) is 2.13. The number of unbranched alkanes of at least 4 members (excludes halogenated alkanes) is 1. The second-order valence-electron chi connectivity index (χ2n) is 5.94. The lowest BCUT2D eigenvalue weighted by atomic mass is 9.95. The summed E-state index contributed by atoms with van der Waals surface area (Å²) < 4.78 is 26.9. The Kier molecular flexibility index (Phi) is 7.50. The van der Waals surface area contributed by atoms with Crippen LogP contribution in [0, 0.1) is 0 Å². The van der Waals surface area contributed by atoms with Crippen LogP contribution in [0.3, 0.4) is 0 Å². The minimum absolute atomic E-state index is 0.195. The smallest absolute Gasteiger partial charge is 0.325 e. The highest BCUT2D eigenvalue weighted by Gasteiger charge is 2.38. The van der Waals surface area contributed by atoms with E-state index < -0.39 is 15.4 Å². The Hall–Kier alpha value is -0.270. The summed E-state index contributed by atoms with van der Waals surface area (Å²) in [6.07, 6.45) is 6.19. The molecule has 1 fully saturated rings. The Morgan fingerprint density at radius 2 is 2.00 bits per heavy atom. The summed E-state index contributed by atoms with van der Waals surface area (Å²) >= 11 is 1.66. The van der Waals surface area contributed by atoms with E-state index in [4.69, 9.17) is 4.74 Å². The van der Waals surface area contributed by atoms with Crippen molar-refractivity contribution in [2.45, 2.75) is 50.6 Å². The Bertz CT molecular complexity index is 434. The van der Waals surface area contributed by atoms with Gasteiger partial charge in [0.1, 0.15) is 15.4 Å². The zero-order valence-electron chi connectivity index (χ0n) is 13.2. The topological polar surface area (TPSA) is 72.5 Å². The molecule has 0 saturated heterocycles. The molecule has 0 bridgehead atoms. The number of ether oxygens (including phenoxy) is 1. The summed E-state index contributed by atoms with van der Waals surface area (Å²) in [6, 6.07) is 0.457. The number of thioether (sulfide) groups is 1. The minimum Gasteiger partial charge on any atom is -0.468 e. The van der Waals surface area contributed by atoms with Gasteiger partial charge in [-0.1, -0.05) is 6.42 Å². The molecule has 0 aromatic rings. The van der Waals surface area contributed by atoms with Gasteiger partial charge in [-0.15, -0.1) is 0 Å². The van der Waals surface area contributed by atoms with Gasteiger partial charge in [0.05, 0.1) is 12.9 Å². The van der Waals surface area contributed by atoms with Gasteiger partial charge in [-0.25, -0.2) is 8.42 Å². The number of esters is 1. The first-order chi connectivity index (χ1) is 9.77. The lowest BCUT2D eigenvalue weighted by molar-refractivity contribution is -0.148. The van der Waals surface area contributed by atoms with Crippen LogP contribution in [-0.2, 0) is 19.4 Å². The van der Waals surface area contributed by atoms with E-state index in [2.05, 4.69) is 5.32 Å². The maximum atomic E-state index is 11.9. The highest BCUT2D eigenvalue weighted by molar-refractivity contribution is 8.00. The molecule has 21 heavy (non-hydrogen) atoms. The molecule has 1 N–H and O–H groups in total. The second kappa shape index (κ2) is 8.39. The van der Waals surface area contributed by atoms with Gasteiger partial charge in [-0.3, -0.25) is 10.1 Å². The third-order valence-electron chi connectivity index (χ3n) is 3.55. The van der Waals surface area contributed by atoms with E-state index in [1.165, 1.54) is 13.4 Å². The van der Waals surface area contributed by atoms with Crippen LogP contribution in [0.2, 0.25) is 0 Å². The molecule has 1 unspecified atom stereocenters. The third kappa shape index (κ3) is 8.07. The molecule has 0 spiro atoms. The maximum Gasteiger partial charge on any atom is 0.325 e. The molecule has 7 heteroatoms. The number of carbonyl (C=O) groups excluding carboxylic acids is 1. The average Bonchev–Trinajstić information content (AvgIpc) is 3.19. The van der Waals surface area contributed by atoms with Crippen LogP contribution in [0.5, 0.6) is 0 Å². The molecule has 0 amide bonds. The minimum atomic E-state index is -2.85. The Labute approximate surface area is 132 Å². The van der Waals surface area contributed by atoms with Gasteiger partial charge < -0.3 is 4.74 Å². The number of methoxy groups -OCH3 is 1. The van der Waals surface area contributed by atoms with Crippen molar-refractivity contribution >= 4 is 27.6 Å². The van der Waals surface area contributed by atoms with Gasteiger partial charge in [0.2, 0.25) is 0 Å². The number of hydrogen-bond acceptors (Lipinski definition) is 6. The zero-order chi connectivity index (χ0) is 15.9. The number of rotatable bonds is 11. The van der Waals surface area contributed by atoms with Gasteiger partial charge in [-0.2, -0.15) is 11.8 Å². The highest BCUT2D eigenvalue weighted by Crippen LogP contribution is 2.26. The first kappa shape index (κ1) is 18.8. The third-order valence-corrected chi connectivity index (χ3v) is 5.82. The van der Waals surface area contributed by atoms with Crippen LogP contribution >= 0.6 is 11.8 Å². The van der Waals surface area contributed by atoms with Crippen LogP contribution < -0.4 is 5.32 Å². The predicted molar refractivity (Wildman–Crippen MR) is 87.5 cm³/mol. The van der Waals surface area contributed by atoms with Crippen molar-refractivity contribution in [2.24, 2.45) is 0 Å². The molecule has 1 atom stereocenters. The molecular formula is C14H27NO4S2. The molecule has 0 heterocycles. The van der Waals surface area contributed by atoms with Crippen LogP contribution in [0.15, 0.2) is 0 Å². The first-order valence-corrected chi connectivity index (χ1v) is 10.6. The van der Waals surface area contributed by atoms with Crippen LogP contribution in [-0.4, -0.2) is 56.6 Å². The first-order valence-electron chi connectivity index (χ1n) is 7.38. The van der Waals surface area contributed by atoms with E-state index in [1.807, 2.05) is 6.92 Å². The largest absolute Gasteiger partial charge is 0.468 e. The molecule has 0 aromatic heterocycles. The van der Waals surface area contributed by atoms with Crippen molar-refractivity contribution in [3.05, 3.63) is 0 Å². The molecule has 1 aliphatic carbocycles. The van der Waals surface area contributed by atoms with Crippen molar-refractivity contribution < 1.29 is 17.9 Å². The van der Waals surface area contributed by atoms with Gasteiger partial charge >= 0.3 is 5.97 Å². The summed E-state index contributed by atoms with van der Waals surface area (Å²) in [6.45, 7) is 1.91. The van der Waals surface area contributed by atoms with Gasteiger partial charge in [-0.05, 0) is 38.4 Å². The van der Waals surface area contributed by atoms with E-state index in [9.17, 15) is 13.2 Å². The molecule has 1 saturated carbocycles. The fraction of sp³-hybridized carbons (Fsp3) is 0.929. The Morgan fingerprint density at radius 1 is 1.33 bits per heavy atom. The van der Waals surface area contributed by atoms with E-state index in [-0.39, 0.29) is 11.7 Å². The van der Waals surface area contributed by atoms with E-state index >= 15 is 0 Å². The molecule has 0 radical (unpaired) electrons. The molecule has 0 aliphatic heterocycles. The number of sulfone groups is 1. The van der Waals surface area contributed by atoms with E-state index in [1.54, 1.807) is 11.8 Å². The number of nitrogens with one attached hydrogen (secondary N) is 1. The van der Waals surface area contributed by atoms with Crippen molar-refractivity contribution in [3.63, 3.8) is 0 Å². The molecular weight excluding hydrogens is 310 g/mol. The van der Waals surface area contributed by atoms with Crippen molar-refractivity contribution in [2.75, 3.05) is 30.6 Å². The van der Waals surface area contributed by atoms with Crippen molar-refractivity contribution in [1.82, 2.24) is 5.32 Å². The van der Waals surface area contributed by atoms with Crippen LogP contribution in [0.25, 0.3) is 0 Å². The molecule has 5 nitrogen and oxygen atoms in total. The molecule has 1 aliphatic rings. The van der Waals surface area contributed by atoms with Crippen LogP contribution in [0.1, 0.15) is 39.0 Å². The average molecular weight is 338 g/mol. The Balaban J connectivity index is 2.19. The summed E-state index contributed by atoms with van der Waals surface area (Å²) in [7, 11) is -1.43. The molecule has 0 aromatic carbocycles. The summed E-state index contributed by atoms with van der Waals surface area (Å²) in [5, 5.41) is 3.38. The maximum absolute atomic E-state index is 11.9.